The first-order chi connectivity index (χ1) is 4.56. The van der Waals surface area contributed by atoms with E-state index in [2.05, 4.69) is 4.18 Å². The summed E-state index contributed by atoms with van der Waals surface area (Å²) in [6.45, 7) is 2.28. The summed E-state index contributed by atoms with van der Waals surface area (Å²) in [5.74, 6) is 0. The molecule has 0 aliphatic heterocycles. The Morgan fingerprint density at radius 2 is 1.91 bits per heavy atom. The van der Waals surface area contributed by atoms with Crippen LogP contribution in [-0.4, -0.2) is 51.7 Å². The number of hydrogen-bond acceptors (Lipinski definition) is 4. The van der Waals surface area contributed by atoms with Crippen molar-refractivity contribution in [3.8, 4) is 0 Å². The van der Waals surface area contributed by atoms with Crippen LogP contribution in [0.3, 0.4) is 0 Å². The van der Waals surface area contributed by atoms with Crippen LogP contribution in [0.4, 0.5) is 0 Å². The average Bonchev–Trinajstić information content (AvgIpc) is 1.78. The van der Waals surface area contributed by atoms with Crippen molar-refractivity contribution in [1.82, 2.24) is 0 Å². The van der Waals surface area contributed by atoms with Gasteiger partial charge in [0, 0.05) is 6.61 Å². The van der Waals surface area contributed by atoms with E-state index in [-0.39, 0.29) is 32.1 Å². The number of rotatable bonds is 5. The zero-order valence-corrected chi connectivity index (χ0v) is 6.43. The van der Waals surface area contributed by atoms with E-state index in [1.165, 1.54) is 0 Å². The number of hydrogen-bond donors (Lipinski definition) is 1. The number of ether oxygens (including phenoxy) is 1. The molecule has 0 saturated carbocycles. The second-order valence-corrected chi connectivity index (χ2v) is 2.54. The van der Waals surface area contributed by atoms with Gasteiger partial charge in [-0.15, -0.1) is 0 Å². The van der Waals surface area contributed by atoms with Crippen LogP contribution in [0.1, 0.15) is 6.92 Å². The molecular formula is C4H11LiO5S. The quantitative estimate of drug-likeness (QED) is 0.338. The molecule has 0 fully saturated rings. The van der Waals surface area contributed by atoms with E-state index >= 15 is 0 Å². The second kappa shape index (κ2) is 7.10. The molecule has 0 heterocycles. The molecule has 0 amide bonds. The molecule has 7 heteroatoms. The molecule has 0 saturated heterocycles. The normalized spacial score (nSPS) is 10.7. The molecule has 5 nitrogen and oxygen atoms in total. The van der Waals surface area contributed by atoms with Crippen molar-refractivity contribution in [2.24, 2.45) is 0 Å². The van der Waals surface area contributed by atoms with Crippen molar-refractivity contribution in [1.29, 1.82) is 0 Å². The molecule has 0 aromatic rings. The van der Waals surface area contributed by atoms with Gasteiger partial charge < -0.3 is 4.74 Å². The molecule has 1 N–H and O–H groups in total. The van der Waals surface area contributed by atoms with Gasteiger partial charge in [-0.05, 0) is 6.92 Å². The van der Waals surface area contributed by atoms with Gasteiger partial charge in [0.2, 0.25) is 0 Å². The molecule has 11 heavy (non-hydrogen) atoms. The van der Waals surface area contributed by atoms with Crippen LogP contribution in [0, 0.1) is 0 Å². The third-order valence-electron chi connectivity index (χ3n) is 0.664. The van der Waals surface area contributed by atoms with Crippen molar-refractivity contribution in [3.63, 3.8) is 0 Å². The summed E-state index contributed by atoms with van der Waals surface area (Å²) in [5.41, 5.74) is 0. The van der Waals surface area contributed by atoms with E-state index in [4.69, 9.17) is 9.29 Å². The van der Waals surface area contributed by atoms with Crippen molar-refractivity contribution in [2.75, 3.05) is 19.8 Å². The Labute approximate surface area is 78.2 Å². The Bertz CT molecular complexity index is 165. The third-order valence-corrected chi connectivity index (χ3v) is 1.13. The van der Waals surface area contributed by atoms with Gasteiger partial charge in [-0.3, -0.25) is 4.55 Å². The van der Waals surface area contributed by atoms with Gasteiger partial charge in [0.25, 0.3) is 0 Å². The van der Waals surface area contributed by atoms with Crippen LogP contribution in [-0.2, 0) is 19.3 Å². The molecule has 0 aromatic carbocycles. The summed E-state index contributed by atoms with van der Waals surface area (Å²) < 4.78 is 36.4. The van der Waals surface area contributed by atoms with E-state index in [0.29, 0.717) is 6.61 Å². The third kappa shape index (κ3) is 13.4. The van der Waals surface area contributed by atoms with Gasteiger partial charge in [-0.2, -0.15) is 8.42 Å². The first kappa shape index (κ1) is 14.0. The van der Waals surface area contributed by atoms with Gasteiger partial charge in [-0.25, -0.2) is 4.18 Å². The van der Waals surface area contributed by atoms with Gasteiger partial charge in [0.1, 0.15) is 0 Å². The zero-order chi connectivity index (χ0) is 8.04. The Kier molecular flexibility index (Phi) is 9.02. The zero-order valence-electron chi connectivity index (χ0n) is 5.61. The Hall–Kier alpha value is 0.427. The molecule has 64 valence electrons. The van der Waals surface area contributed by atoms with Crippen molar-refractivity contribution >= 4 is 29.3 Å². The van der Waals surface area contributed by atoms with E-state index in [9.17, 15) is 8.42 Å². The van der Waals surface area contributed by atoms with E-state index in [1.807, 2.05) is 0 Å². The maximum absolute atomic E-state index is 9.87. The molecule has 0 aromatic heterocycles. The fraction of sp³-hybridized carbons (Fsp3) is 1.00. The van der Waals surface area contributed by atoms with Crippen LogP contribution in [0.2, 0.25) is 0 Å². The summed E-state index contributed by atoms with van der Waals surface area (Å²) in [6.07, 6.45) is 0. The van der Waals surface area contributed by atoms with Crippen molar-refractivity contribution < 1.29 is 21.9 Å². The fourth-order valence-electron chi connectivity index (χ4n) is 0.343. The van der Waals surface area contributed by atoms with Gasteiger partial charge in [0.05, 0.1) is 13.2 Å². The minimum absolute atomic E-state index is 0. The summed E-state index contributed by atoms with van der Waals surface area (Å²) >= 11 is 0. The Balaban J connectivity index is 0. The molecule has 0 aliphatic carbocycles. The molecule has 0 radical (unpaired) electrons. The molecule has 0 rings (SSSR count). The van der Waals surface area contributed by atoms with Crippen molar-refractivity contribution in [3.05, 3.63) is 0 Å². The van der Waals surface area contributed by atoms with Gasteiger partial charge >= 0.3 is 29.3 Å². The maximum atomic E-state index is 9.87. The van der Waals surface area contributed by atoms with Gasteiger partial charge in [0.15, 0.2) is 0 Å². The molecule has 0 spiro atoms. The van der Waals surface area contributed by atoms with Crippen LogP contribution in [0.15, 0.2) is 0 Å². The topological polar surface area (TPSA) is 72.8 Å². The summed E-state index contributed by atoms with van der Waals surface area (Å²) in [6, 6.07) is 0. The molecule has 0 unspecified atom stereocenters. The van der Waals surface area contributed by atoms with Crippen molar-refractivity contribution in [2.45, 2.75) is 6.92 Å². The molecule has 0 bridgehead atoms. The second-order valence-electron chi connectivity index (χ2n) is 1.45. The fourth-order valence-corrected chi connectivity index (χ4v) is 0.621. The van der Waals surface area contributed by atoms with Gasteiger partial charge in [-0.1, -0.05) is 0 Å². The Morgan fingerprint density at radius 1 is 1.36 bits per heavy atom. The first-order valence-electron chi connectivity index (χ1n) is 2.76. The summed E-state index contributed by atoms with van der Waals surface area (Å²) in [5, 5.41) is 0. The molecule has 0 atom stereocenters. The first-order valence-corrected chi connectivity index (χ1v) is 4.12. The standard InChI is InChI=1S/C4H10O5S.Li.H/c1-2-8-3-4-9-10(5,6)7;;/h2-4H2,1H3,(H,5,6,7);;. The van der Waals surface area contributed by atoms with E-state index in [0.717, 1.165) is 0 Å². The predicted molar refractivity (Wildman–Crippen MR) is 41.1 cm³/mol. The average molecular weight is 178 g/mol. The van der Waals surface area contributed by atoms with Crippen LogP contribution >= 0.6 is 0 Å². The summed E-state index contributed by atoms with van der Waals surface area (Å²) in [7, 11) is -4.28. The van der Waals surface area contributed by atoms with Crippen LogP contribution < -0.4 is 0 Å². The van der Waals surface area contributed by atoms with Crippen LogP contribution in [0.25, 0.3) is 0 Å². The van der Waals surface area contributed by atoms with E-state index in [1.54, 1.807) is 6.92 Å². The monoisotopic (exact) mass is 178 g/mol. The Morgan fingerprint density at radius 3 is 2.27 bits per heavy atom. The SMILES string of the molecule is CCOCCOS(=O)(=O)O.[LiH]. The summed E-state index contributed by atoms with van der Waals surface area (Å²) in [4.78, 5) is 0. The van der Waals surface area contributed by atoms with Crippen LogP contribution in [0.5, 0.6) is 0 Å². The molecule has 0 aliphatic rings. The van der Waals surface area contributed by atoms with E-state index < -0.39 is 10.4 Å². The predicted octanol–water partition coefficient (Wildman–Crippen LogP) is -0.806. The minimum atomic E-state index is -4.28. The molecular weight excluding hydrogens is 167 g/mol.